The second-order valence-corrected chi connectivity index (χ2v) is 3.23. The normalized spacial score (nSPS) is 15.1. The van der Waals surface area contributed by atoms with E-state index in [1.54, 1.807) is 0 Å². The van der Waals surface area contributed by atoms with Crippen LogP contribution in [0.25, 0.3) is 0 Å². The number of anilines is 1. The summed E-state index contributed by atoms with van der Waals surface area (Å²) in [6, 6.07) is 1.31. The number of nitrogens with zero attached hydrogens (tertiary/aromatic N) is 1. The lowest BCUT2D eigenvalue weighted by molar-refractivity contribution is 0.0690. The minimum atomic E-state index is -1.09. The van der Waals surface area contributed by atoms with Crippen molar-refractivity contribution in [3.05, 3.63) is 18.0 Å². The molecule has 14 heavy (non-hydrogen) atoms. The van der Waals surface area contributed by atoms with Crippen LogP contribution < -0.4 is 10.5 Å². The molecule has 0 aliphatic heterocycles. The summed E-state index contributed by atoms with van der Waals surface area (Å²) in [5, 5.41) is 8.64. The molecule has 1 saturated carbocycles. The first kappa shape index (κ1) is 8.80. The number of carboxylic acids is 1. The van der Waals surface area contributed by atoms with Gasteiger partial charge in [0.25, 0.3) is 0 Å². The molecule has 1 fully saturated rings. The lowest BCUT2D eigenvalue weighted by Gasteiger charge is -2.06. The van der Waals surface area contributed by atoms with Gasteiger partial charge in [0.05, 0.1) is 18.0 Å². The van der Waals surface area contributed by atoms with E-state index in [-0.39, 0.29) is 11.8 Å². The molecule has 5 heteroatoms. The Morgan fingerprint density at radius 3 is 2.86 bits per heavy atom. The lowest BCUT2D eigenvalue weighted by Crippen LogP contribution is -2.05. The summed E-state index contributed by atoms with van der Waals surface area (Å²) in [7, 11) is 0. The van der Waals surface area contributed by atoms with Crippen LogP contribution in [0.4, 0.5) is 5.69 Å². The van der Waals surface area contributed by atoms with Crippen molar-refractivity contribution in [2.75, 3.05) is 5.73 Å². The van der Waals surface area contributed by atoms with Crippen LogP contribution in [0.1, 0.15) is 23.3 Å². The highest BCUT2D eigenvalue weighted by atomic mass is 16.5. The number of hydrogen-bond acceptors (Lipinski definition) is 4. The molecular formula is C9H10N2O3. The molecule has 0 saturated heterocycles. The highest BCUT2D eigenvalue weighted by molar-refractivity contribution is 5.86. The van der Waals surface area contributed by atoms with Crippen molar-refractivity contribution in [2.45, 2.75) is 18.9 Å². The molecule has 3 N–H and O–H groups in total. The van der Waals surface area contributed by atoms with E-state index in [1.807, 2.05) is 0 Å². The zero-order chi connectivity index (χ0) is 10.1. The van der Waals surface area contributed by atoms with E-state index in [9.17, 15) is 4.79 Å². The summed E-state index contributed by atoms with van der Waals surface area (Å²) in [5.74, 6) is -0.618. The number of ether oxygens (including phenoxy) is 1. The van der Waals surface area contributed by atoms with E-state index in [4.69, 9.17) is 15.6 Å². The van der Waals surface area contributed by atoms with Gasteiger partial charge < -0.3 is 15.6 Å². The minimum absolute atomic E-state index is 0.0642. The molecule has 5 nitrogen and oxygen atoms in total. The van der Waals surface area contributed by atoms with Gasteiger partial charge >= 0.3 is 5.97 Å². The fourth-order valence-electron chi connectivity index (χ4n) is 1.04. The number of aromatic carboxylic acids is 1. The zero-order valence-electron chi connectivity index (χ0n) is 7.43. The van der Waals surface area contributed by atoms with Gasteiger partial charge in [-0.15, -0.1) is 0 Å². The van der Waals surface area contributed by atoms with Gasteiger partial charge in [-0.05, 0) is 18.9 Å². The number of carboxylic acid groups (broad SMARTS) is 1. The van der Waals surface area contributed by atoms with Gasteiger partial charge in [0.15, 0.2) is 11.4 Å². The van der Waals surface area contributed by atoms with E-state index in [0.29, 0.717) is 11.4 Å². The molecule has 0 unspecified atom stereocenters. The van der Waals surface area contributed by atoms with Crippen LogP contribution in [0.2, 0.25) is 0 Å². The van der Waals surface area contributed by atoms with Crippen LogP contribution >= 0.6 is 0 Å². The Kier molecular flexibility index (Phi) is 1.99. The Bertz CT molecular complexity index is 374. The lowest BCUT2D eigenvalue weighted by atomic mass is 10.3. The SMILES string of the molecule is Nc1cc(C(=O)O)ncc1OC1CC1. The summed E-state index contributed by atoms with van der Waals surface area (Å²) in [6.07, 6.45) is 3.65. The molecule has 1 aliphatic carbocycles. The maximum atomic E-state index is 10.5. The number of pyridine rings is 1. The number of nitrogens with two attached hydrogens (primary N) is 1. The molecule has 0 radical (unpaired) electrons. The summed E-state index contributed by atoms with van der Waals surface area (Å²) < 4.78 is 5.41. The highest BCUT2D eigenvalue weighted by Gasteiger charge is 2.24. The second kappa shape index (κ2) is 3.17. The molecule has 1 aromatic heterocycles. The van der Waals surface area contributed by atoms with Crippen LogP contribution in [0.15, 0.2) is 12.3 Å². The number of rotatable bonds is 3. The van der Waals surface area contributed by atoms with Gasteiger partial charge in [0.1, 0.15) is 0 Å². The van der Waals surface area contributed by atoms with Crippen molar-refractivity contribution in [1.29, 1.82) is 0 Å². The molecular weight excluding hydrogens is 184 g/mol. The topological polar surface area (TPSA) is 85.4 Å². The third kappa shape index (κ3) is 1.76. The second-order valence-electron chi connectivity index (χ2n) is 3.23. The average Bonchev–Trinajstić information content (AvgIpc) is 2.92. The molecule has 1 aliphatic rings. The maximum absolute atomic E-state index is 10.5. The fraction of sp³-hybridized carbons (Fsp3) is 0.333. The monoisotopic (exact) mass is 194 g/mol. The smallest absolute Gasteiger partial charge is 0.354 e. The third-order valence-electron chi connectivity index (χ3n) is 1.93. The van der Waals surface area contributed by atoms with Crippen molar-refractivity contribution in [3.63, 3.8) is 0 Å². The molecule has 1 heterocycles. The summed E-state index contributed by atoms with van der Waals surface area (Å²) in [4.78, 5) is 14.3. The summed E-state index contributed by atoms with van der Waals surface area (Å²) in [6.45, 7) is 0. The van der Waals surface area contributed by atoms with E-state index >= 15 is 0 Å². The quantitative estimate of drug-likeness (QED) is 0.746. The molecule has 0 bridgehead atoms. The first-order chi connectivity index (χ1) is 6.66. The van der Waals surface area contributed by atoms with Crippen LogP contribution in [0, 0.1) is 0 Å². The largest absolute Gasteiger partial charge is 0.487 e. The van der Waals surface area contributed by atoms with E-state index < -0.39 is 5.97 Å². The van der Waals surface area contributed by atoms with E-state index in [1.165, 1.54) is 12.3 Å². The minimum Gasteiger partial charge on any atom is -0.487 e. The Balaban J connectivity index is 2.21. The van der Waals surface area contributed by atoms with Gasteiger partial charge in [-0.3, -0.25) is 0 Å². The van der Waals surface area contributed by atoms with Gasteiger partial charge in [-0.1, -0.05) is 0 Å². The van der Waals surface area contributed by atoms with Crippen LogP contribution in [0.3, 0.4) is 0 Å². The van der Waals surface area contributed by atoms with Crippen LogP contribution in [0.5, 0.6) is 5.75 Å². The van der Waals surface area contributed by atoms with Gasteiger partial charge in [0, 0.05) is 0 Å². The fourth-order valence-corrected chi connectivity index (χ4v) is 1.04. The first-order valence-electron chi connectivity index (χ1n) is 4.32. The Hall–Kier alpha value is -1.78. The zero-order valence-corrected chi connectivity index (χ0v) is 7.43. The average molecular weight is 194 g/mol. The van der Waals surface area contributed by atoms with Crippen molar-refractivity contribution in [1.82, 2.24) is 4.98 Å². The Morgan fingerprint density at radius 2 is 2.36 bits per heavy atom. The molecule has 0 amide bonds. The standard InChI is InChI=1S/C9H10N2O3/c10-6-3-7(9(12)13)11-4-8(6)14-5-1-2-5/h3-5H,1-2H2,(H2,10,11)(H,12,13). The van der Waals surface area contributed by atoms with Gasteiger partial charge in [-0.25, -0.2) is 9.78 Å². The summed E-state index contributed by atoms with van der Waals surface area (Å²) in [5.41, 5.74) is 5.87. The molecule has 0 atom stereocenters. The third-order valence-corrected chi connectivity index (χ3v) is 1.93. The molecule has 0 aromatic carbocycles. The van der Waals surface area contributed by atoms with Crippen LogP contribution in [-0.2, 0) is 0 Å². The molecule has 1 aromatic rings. The Morgan fingerprint density at radius 1 is 1.64 bits per heavy atom. The number of nitrogen functional groups attached to an aromatic ring is 1. The molecule has 0 spiro atoms. The molecule has 2 rings (SSSR count). The summed E-state index contributed by atoms with van der Waals surface area (Å²) >= 11 is 0. The number of carbonyl (C=O) groups is 1. The van der Waals surface area contributed by atoms with Gasteiger partial charge in [0.2, 0.25) is 0 Å². The highest BCUT2D eigenvalue weighted by Crippen LogP contribution is 2.30. The van der Waals surface area contributed by atoms with E-state index in [0.717, 1.165) is 12.8 Å². The van der Waals surface area contributed by atoms with E-state index in [2.05, 4.69) is 4.98 Å². The molecule has 74 valence electrons. The van der Waals surface area contributed by atoms with Crippen LogP contribution in [-0.4, -0.2) is 22.2 Å². The van der Waals surface area contributed by atoms with Crippen molar-refractivity contribution < 1.29 is 14.6 Å². The van der Waals surface area contributed by atoms with Crippen molar-refractivity contribution in [2.24, 2.45) is 0 Å². The predicted molar refractivity (Wildman–Crippen MR) is 49.3 cm³/mol. The Labute approximate surface area is 80.5 Å². The van der Waals surface area contributed by atoms with Crippen molar-refractivity contribution in [3.8, 4) is 5.75 Å². The van der Waals surface area contributed by atoms with Gasteiger partial charge in [-0.2, -0.15) is 0 Å². The maximum Gasteiger partial charge on any atom is 0.354 e. The number of hydrogen-bond donors (Lipinski definition) is 2. The van der Waals surface area contributed by atoms with Crippen molar-refractivity contribution >= 4 is 11.7 Å². The predicted octanol–water partition coefficient (Wildman–Crippen LogP) is 0.903. The first-order valence-corrected chi connectivity index (χ1v) is 4.32. The number of aromatic nitrogens is 1.